The van der Waals surface area contributed by atoms with Crippen molar-refractivity contribution in [1.82, 2.24) is 20.5 Å². The van der Waals surface area contributed by atoms with E-state index in [9.17, 15) is 19.2 Å². The lowest BCUT2D eigenvalue weighted by atomic mass is 10.1. The van der Waals surface area contributed by atoms with E-state index in [0.29, 0.717) is 18.4 Å². The van der Waals surface area contributed by atoms with Crippen LogP contribution in [0.1, 0.15) is 30.3 Å². The van der Waals surface area contributed by atoms with Gasteiger partial charge in [-0.2, -0.15) is 0 Å². The summed E-state index contributed by atoms with van der Waals surface area (Å²) in [6, 6.07) is 7.72. The van der Waals surface area contributed by atoms with Gasteiger partial charge in [0.05, 0.1) is 13.0 Å². The van der Waals surface area contributed by atoms with E-state index in [-0.39, 0.29) is 31.1 Å². The number of benzene rings is 1. The van der Waals surface area contributed by atoms with Gasteiger partial charge in [-0.15, -0.1) is 0 Å². The Morgan fingerprint density at radius 1 is 1.18 bits per heavy atom. The molecular formula is C24H26N4O6. The lowest BCUT2D eigenvalue weighted by Gasteiger charge is -2.25. The highest BCUT2D eigenvalue weighted by molar-refractivity contribution is 6.06. The first-order valence-corrected chi connectivity index (χ1v) is 11.1. The van der Waals surface area contributed by atoms with Crippen molar-refractivity contribution in [3.05, 3.63) is 54.4 Å². The fourth-order valence-electron chi connectivity index (χ4n) is 4.03. The maximum absolute atomic E-state index is 13.1. The van der Waals surface area contributed by atoms with Gasteiger partial charge in [-0.3, -0.25) is 24.2 Å². The van der Waals surface area contributed by atoms with Crippen molar-refractivity contribution in [3.63, 3.8) is 0 Å². The molecule has 0 radical (unpaired) electrons. The molecule has 34 heavy (non-hydrogen) atoms. The highest BCUT2D eigenvalue weighted by Gasteiger charge is 2.37. The lowest BCUT2D eigenvalue weighted by Crippen LogP contribution is -2.52. The third-order valence-corrected chi connectivity index (χ3v) is 5.64. The number of nitrogens with zero attached hydrogens (tertiary/aromatic N) is 2. The van der Waals surface area contributed by atoms with Crippen LogP contribution < -0.4 is 10.6 Å². The second-order valence-electron chi connectivity index (χ2n) is 8.02. The second-order valence-corrected chi connectivity index (χ2v) is 8.02. The van der Waals surface area contributed by atoms with Crippen LogP contribution in [0.5, 0.6) is 0 Å². The molecule has 1 aromatic heterocycles. The minimum Gasteiger partial charge on any atom is -0.433 e. The first kappa shape index (κ1) is 23.4. The maximum Gasteiger partial charge on any atom is 0.310 e. The Morgan fingerprint density at radius 3 is 2.82 bits per heavy atom. The number of amides is 3. The van der Waals surface area contributed by atoms with Gasteiger partial charge in [0.15, 0.2) is 0 Å². The number of pyridine rings is 1. The summed E-state index contributed by atoms with van der Waals surface area (Å²) >= 11 is 0. The number of hydrogen-bond acceptors (Lipinski definition) is 7. The van der Waals surface area contributed by atoms with Crippen molar-refractivity contribution in [2.24, 2.45) is 0 Å². The number of ether oxygens (including phenoxy) is 2. The van der Waals surface area contributed by atoms with Gasteiger partial charge in [0, 0.05) is 24.7 Å². The van der Waals surface area contributed by atoms with Crippen LogP contribution in [-0.4, -0.2) is 71.6 Å². The van der Waals surface area contributed by atoms with Crippen molar-refractivity contribution in [3.8, 4) is 0 Å². The fourth-order valence-corrected chi connectivity index (χ4v) is 4.03. The van der Waals surface area contributed by atoms with Gasteiger partial charge < -0.3 is 25.0 Å². The number of cyclic esters (lactones) is 1. The van der Waals surface area contributed by atoms with E-state index in [1.165, 1.54) is 4.90 Å². The molecule has 3 unspecified atom stereocenters. The molecule has 4 rings (SSSR count). The Balaban J connectivity index is 1.41. The van der Waals surface area contributed by atoms with Gasteiger partial charge in [-0.25, -0.2) is 0 Å². The molecule has 0 saturated carbocycles. The molecule has 2 N–H and O–H groups in total. The zero-order valence-corrected chi connectivity index (χ0v) is 18.7. The van der Waals surface area contributed by atoms with Crippen molar-refractivity contribution < 1.29 is 28.7 Å². The van der Waals surface area contributed by atoms with E-state index in [1.54, 1.807) is 31.3 Å². The number of carbonyl (C=O) groups is 4. The molecule has 1 fully saturated rings. The van der Waals surface area contributed by atoms with Gasteiger partial charge >= 0.3 is 5.97 Å². The molecule has 1 aromatic carbocycles. The Hall–Kier alpha value is -3.79. The Bertz CT molecular complexity index is 1130. The Labute approximate surface area is 196 Å². The number of hydrogen-bond donors (Lipinski definition) is 2. The normalized spacial score (nSPS) is 22.4. The fraction of sp³-hybridized carbons (Fsp3) is 0.375. The molecular weight excluding hydrogens is 440 g/mol. The largest absolute Gasteiger partial charge is 0.433 e. The quantitative estimate of drug-likeness (QED) is 0.459. The Kier molecular flexibility index (Phi) is 7.17. The van der Waals surface area contributed by atoms with E-state index >= 15 is 0 Å². The van der Waals surface area contributed by atoms with E-state index < -0.39 is 36.2 Å². The maximum atomic E-state index is 13.1. The topological polar surface area (TPSA) is 127 Å². The number of esters is 1. The van der Waals surface area contributed by atoms with E-state index in [4.69, 9.17) is 9.47 Å². The summed E-state index contributed by atoms with van der Waals surface area (Å²) in [5.41, 5.74) is 0.233. The van der Waals surface area contributed by atoms with Gasteiger partial charge in [0.2, 0.25) is 18.1 Å². The summed E-state index contributed by atoms with van der Waals surface area (Å²) in [6.07, 6.45) is 4.58. The minimum atomic E-state index is -0.846. The van der Waals surface area contributed by atoms with Crippen molar-refractivity contribution in [1.29, 1.82) is 0 Å². The molecule has 0 spiro atoms. The SMILES string of the molecule is CCOC1OC(=O)CC1NC(=O)CN1CC=CCC(NC(=O)c2nccc3ccccc23)C1=O. The summed E-state index contributed by atoms with van der Waals surface area (Å²) in [4.78, 5) is 55.9. The summed E-state index contributed by atoms with van der Waals surface area (Å²) in [5.74, 6) is -1.75. The summed E-state index contributed by atoms with van der Waals surface area (Å²) in [7, 11) is 0. The van der Waals surface area contributed by atoms with Crippen LogP contribution in [0.2, 0.25) is 0 Å². The molecule has 10 heteroatoms. The number of rotatable bonds is 7. The summed E-state index contributed by atoms with van der Waals surface area (Å²) < 4.78 is 10.4. The zero-order valence-electron chi connectivity index (χ0n) is 18.7. The zero-order chi connectivity index (χ0) is 24.1. The summed E-state index contributed by atoms with van der Waals surface area (Å²) in [5, 5.41) is 7.03. The highest BCUT2D eigenvalue weighted by atomic mass is 16.7. The van der Waals surface area contributed by atoms with E-state index in [0.717, 1.165) is 5.39 Å². The molecule has 178 valence electrons. The van der Waals surface area contributed by atoms with Gasteiger partial charge in [0.1, 0.15) is 17.8 Å². The monoisotopic (exact) mass is 466 g/mol. The average molecular weight is 466 g/mol. The van der Waals surface area contributed by atoms with Crippen LogP contribution in [0, 0.1) is 0 Å². The first-order chi connectivity index (χ1) is 16.5. The average Bonchev–Trinajstić information content (AvgIpc) is 3.08. The molecule has 2 aliphatic rings. The van der Waals surface area contributed by atoms with Crippen molar-refractivity contribution >= 4 is 34.5 Å². The highest BCUT2D eigenvalue weighted by Crippen LogP contribution is 2.18. The smallest absolute Gasteiger partial charge is 0.310 e. The summed E-state index contributed by atoms with van der Waals surface area (Å²) in [6.45, 7) is 2.08. The van der Waals surface area contributed by atoms with Crippen LogP contribution in [-0.2, 0) is 23.9 Å². The molecule has 3 heterocycles. The van der Waals surface area contributed by atoms with Gasteiger partial charge in [-0.05, 0) is 24.8 Å². The van der Waals surface area contributed by atoms with Crippen molar-refractivity contribution in [2.45, 2.75) is 38.1 Å². The van der Waals surface area contributed by atoms with Crippen LogP contribution in [0.25, 0.3) is 10.8 Å². The van der Waals surface area contributed by atoms with Gasteiger partial charge in [0.25, 0.3) is 5.91 Å². The standard InChI is InChI=1S/C24H26N4O6/c1-2-33-24-18(13-20(30)34-24)26-19(29)14-28-12-6-5-9-17(23(28)32)27-22(31)21-16-8-4-3-7-15(16)10-11-25-21/h3-8,10-11,17-18,24H,2,9,12-14H2,1H3,(H,26,29)(H,27,31). The predicted octanol–water partition coefficient (Wildman–Crippen LogP) is 0.916. The number of nitrogens with one attached hydrogen (secondary N) is 2. The molecule has 10 nitrogen and oxygen atoms in total. The number of fused-ring (bicyclic) bond motifs is 1. The molecule has 3 atom stereocenters. The first-order valence-electron chi connectivity index (χ1n) is 11.1. The Morgan fingerprint density at radius 2 is 2.00 bits per heavy atom. The molecule has 2 aliphatic heterocycles. The predicted molar refractivity (Wildman–Crippen MR) is 121 cm³/mol. The van der Waals surface area contributed by atoms with Gasteiger partial charge in [-0.1, -0.05) is 36.4 Å². The minimum absolute atomic E-state index is 0.000963. The molecule has 2 aromatic rings. The van der Waals surface area contributed by atoms with E-state index in [2.05, 4.69) is 15.6 Å². The van der Waals surface area contributed by atoms with Crippen molar-refractivity contribution in [2.75, 3.05) is 19.7 Å². The van der Waals surface area contributed by atoms with Crippen LogP contribution >= 0.6 is 0 Å². The van der Waals surface area contributed by atoms with Crippen LogP contribution in [0.3, 0.4) is 0 Å². The number of carbonyl (C=O) groups excluding carboxylic acids is 4. The third-order valence-electron chi connectivity index (χ3n) is 5.64. The molecule has 3 amide bonds. The molecule has 1 saturated heterocycles. The number of aromatic nitrogens is 1. The van der Waals surface area contributed by atoms with Crippen LogP contribution in [0.4, 0.5) is 0 Å². The molecule has 0 bridgehead atoms. The third kappa shape index (κ3) is 5.23. The molecule has 0 aliphatic carbocycles. The van der Waals surface area contributed by atoms with Crippen LogP contribution in [0.15, 0.2) is 48.7 Å². The lowest BCUT2D eigenvalue weighted by molar-refractivity contribution is -0.164. The van der Waals surface area contributed by atoms with E-state index in [1.807, 2.05) is 24.3 Å². The second kappa shape index (κ2) is 10.4.